The summed E-state index contributed by atoms with van der Waals surface area (Å²) in [7, 11) is 0. The fourth-order valence-electron chi connectivity index (χ4n) is 5.02. The van der Waals surface area contributed by atoms with Crippen molar-refractivity contribution in [1.82, 2.24) is 0 Å². The maximum Gasteiger partial charge on any atom is 0.306 e. The van der Waals surface area contributed by atoms with Crippen LogP contribution in [0, 0.1) is 0 Å². The van der Waals surface area contributed by atoms with Crippen LogP contribution in [0.2, 0.25) is 0 Å². The molecule has 0 heterocycles. The average molecular weight is 629 g/mol. The molecule has 260 valence electrons. The molecule has 0 aliphatic heterocycles. The quantitative estimate of drug-likeness (QED) is 0.0437. The summed E-state index contributed by atoms with van der Waals surface area (Å²) in [4.78, 5) is 12.1. The van der Waals surface area contributed by atoms with Crippen molar-refractivity contribution in [2.45, 2.75) is 174 Å². The number of unbranched alkanes of at least 4 members (excludes halogenated alkanes) is 16. The van der Waals surface area contributed by atoms with Crippen LogP contribution in [0.15, 0.2) is 60.8 Å². The number of esters is 1. The Bertz CT molecular complexity index is 749. The first-order valence-corrected chi connectivity index (χ1v) is 18.9. The molecule has 0 amide bonds. The topological polar surface area (TPSA) is 55.8 Å². The highest BCUT2D eigenvalue weighted by molar-refractivity contribution is 5.69. The number of hydrogen-bond acceptors (Lipinski definition) is 4. The van der Waals surface area contributed by atoms with Crippen molar-refractivity contribution in [3.8, 4) is 0 Å². The summed E-state index contributed by atoms with van der Waals surface area (Å²) in [6.45, 7) is 5.18. The minimum atomic E-state index is -0.551. The van der Waals surface area contributed by atoms with Crippen LogP contribution in [-0.4, -0.2) is 37.0 Å². The third-order valence-electron chi connectivity index (χ3n) is 7.83. The van der Waals surface area contributed by atoms with E-state index in [9.17, 15) is 9.90 Å². The maximum atomic E-state index is 12.1. The van der Waals surface area contributed by atoms with Crippen molar-refractivity contribution in [2.24, 2.45) is 0 Å². The van der Waals surface area contributed by atoms with Crippen molar-refractivity contribution < 1.29 is 19.4 Å². The number of carbonyl (C=O) groups is 1. The molecule has 0 fully saturated rings. The third kappa shape index (κ3) is 36.4. The van der Waals surface area contributed by atoms with Crippen molar-refractivity contribution >= 4 is 5.97 Å². The van der Waals surface area contributed by atoms with Gasteiger partial charge in [-0.3, -0.25) is 4.79 Å². The summed E-state index contributed by atoms with van der Waals surface area (Å²) in [6, 6.07) is 0. The molecule has 0 rings (SSSR count). The molecule has 1 N–H and O–H groups in total. The summed E-state index contributed by atoms with van der Waals surface area (Å²) in [5.41, 5.74) is 0. The predicted molar refractivity (Wildman–Crippen MR) is 196 cm³/mol. The first-order valence-electron chi connectivity index (χ1n) is 18.9. The van der Waals surface area contributed by atoms with Gasteiger partial charge in [-0.1, -0.05) is 145 Å². The minimum Gasteiger partial charge on any atom is -0.457 e. The van der Waals surface area contributed by atoms with Gasteiger partial charge in [0.2, 0.25) is 0 Å². The van der Waals surface area contributed by atoms with Gasteiger partial charge in [-0.05, 0) is 77.0 Å². The molecule has 0 bridgehead atoms. The zero-order valence-electron chi connectivity index (χ0n) is 29.6. The zero-order valence-corrected chi connectivity index (χ0v) is 29.6. The first-order chi connectivity index (χ1) is 22.2. The Morgan fingerprint density at radius 3 is 1.53 bits per heavy atom. The lowest BCUT2D eigenvalue weighted by atomic mass is 10.1. The van der Waals surface area contributed by atoms with E-state index in [-0.39, 0.29) is 19.2 Å². The Morgan fingerprint density at radius 2 is 1.00 bits per heavy atom. The summed E-state index contributed by atoms with van der Waals surface area (Å²) < 4.78 is 11.1. The summed E-state index contributed by atoms with van der Waals surface area (Å²) in [6.07, 6.45) is 49.7. The van der Waals surface area contributed by atoms with Gasteiger partial charge in [0.1, 0.15) is 6.10 Å². The normalized spacial score (nSPS) is 13.0. The first kappa shape index (κ1) is 43.1. The number of aliphatic hydroxyl groups is 1. The van der Waals surface area contributed by atoms with Crippen LogP contribution in [0.4, 0.5) is 0 Å². The Balaban J connectivity index is 3.52. The molecule has 1 atom stereocenters. The monoisotopic (exact) mass is 629 g/mol. The number of rotatable bonds is 34. The van der Waals surface area contributed by atoms with E-state index in [0.717, 1.165) is 64.2 Å². The highest BCUT2D eigenvalue weighted by Crippen LogP contribution is 2.11. The van der Waals surface area contributed by atoms with E-state index in [2.05, 4.69) is 74.6 Å². The average Bonchev–Trinajstić information content (AvgIpc) is 3.05. The molecule has 0 aromatic carbocycles. The third-order valence-corrected chi connectivity index (χ3v) is 7.83. The number of carbonyl (C=O) groups excluding carboxylic acids is 1. The van der Waals surface area contributed by atoms with Crippen LogP contribution in [0.25, 0.3) is 0 Å². The van der Waals surface area contributed by atoms with Gasteiger partial charge in [0.05, 0.1) is 13.2 Å². The Morgan fingerprint density at radius 1 is 0.556 bits per heavy atom. The predicted octanol–water partition coefficient (Wildman–Crippen LogP) is 12.1. The summed E-state index contributed by atoms with van der Waals surface area (Å²) >= 11 is 0. The molecule has 0 aliphatic rings. The highest BCUT2D eigenvalue weighted by Gasteiger charge is 2.13. The molecule has 4 heteroatoms. The number of aliphatic hydroxyl groups excluding tert-OH is 1. The van der Waals surface area contributed by atoms with Crippen LogP contribution in [0.1, 0.15) is 168 Å². The minimum absolute atomic E-state index is 0.186. The second-order valence-corrected chi connectivity index (χ2v) is 12.3. The molecule has 4 nitrogen and oxygen atoms in total. The van der Waals surface area contributed by atoms with E-state index in [1.54, 1.807) is 0 Å². The van der Waals surface area contributed by atoms with Crippen LogP contribution < -0.4 is 0 Å². The lowest BCUT2D eigenvalue weighted by Gasteiger charge is -2.15. The lowest BCUT2D eigenvalue weighted by Crippen LogP contribution is -2.27. The second-order valence-electron chi connectivity index (χ2n) is 12.3. The van der Waals surface area contributed by atoms with E-state index in [4.69, 9.17) is 9.47 Å². The van der Waals surface area contributed by atoms with Gasteiger partial charge in [0.15, 0.2) is 0 Å². The van der Waals surface area contributed by atoms with Crippen LogP contribution in [0.3, 0.4) is 0 Å². The number of ether oxygens (including phenoxy) is 2. The van der Waals surface area contributed by atoms with Crippen LogP contribution >= 0.6 is 0 Å². The zero-order chi connectivity index (χ0) is 32.7. The Kier molecular flexibility index (Phi) is 36.6. The SMILES string of the molecule is CC/C=C\C/C=C\C/C=C\C/C=C\CCCCCCC(=O)OC(CO)COCCCCCCCC/C=C\CCCCCCCC. The largest absolute Gasteiger partial charge is 0.457 e. The van der Waals surface area contributed by atoms with E-state index < -0.39 is 6.10 Å². The molecule has 0 aromatic heterocycles. The highest BCUT2D eigenvalue weighted by atomic mass is 16.6. The van der Waals surface area contributed by atoms with Crippen molar-refractivity contribution in [3.63, 3.8) is 0 Å². The van der Waals surface area contributed by atoms with Gasteiger partial charge < -0.3 is 14.6 Å². The molecule has 0 saturated carbocycles. The number of hydrogen-bond donors (Lipinski definition) is 1. The number of allylic oxidation sites excluding steroid dienone is 10. The van der Waals surface area contributed by atoms with Crippen molar-refractivity contribution in [3.05, 3.63) is 60.8 Å². The van der Waals surface area contributed by atoms with Crippen LogP contribution in [-0.2, 0) is 14.3 Å². The van der Waals surface area contributed by atoms with Crippen molar-refractivity contribution in [2.75, 3.05) is 19.8 Å². The van der Waals surface area contributed by atoms with Gasteiger partial charge in [0, 0.05) is 13.0 Å². The van der Waals surface area contributed by atoms with E-state index in [0.29, 0.717) is 13.0 Å². The maximum absolute atomic E-state index is 12.1. The molecular formula is C41H72O4. The second kappa shape index (κ2) is 38.3. The standard InChI is InChI=1S/C41H72O4/c1-3-5-7-9-11-13-15-17-19-21-22-24-26-28-30-32-34-36-41(43)45-40(38-42)39-44-37-35-33-31-29-27-25-23-20-18-16-14-12-10-8-6-4-2/h5,7,11,13,17-20,22,24,40,42H,3-4,6,8-10,12,14-16,21,23,25-39H2,1-2H3/b7-5-,13-11-,19-17-,20-18-,24-22-. The molecule has 45 heavy (non-hydrogen) atoms. The van der Waals surface area contributed by atoms with Gasteiger partial charge >= 0.3 is 5.97 Å². The molecule has 0 spiro atoms. The smallest absolute Gasteiger partial charge is 0.306 e. The van der Waals surface area contributed by atoms with E-state index in [1.807, 2.05) is 0 Å². The fourth-order valence-corrected chi connectivity index (χ4v) is 5.02. The van der Waals surface area contributed by atoms with Crippen LogP contribution in [0.5, 0.6) is 0 Å². The molecule has 0 radical (unpaired) electrons. The van der Waals surface area contributed by atoms with Crippen molar-refractivity contribution in [1.29, 1.82) is 0 Å². The summed E-state index contributed by atoms with van der Waals surface area (Å²) in [5.74, 6) is -0.228. The molecule has 0 aliphatic carbocycles. The van der Waals surface area contributed by atoms with Gasteiger partial charge in [-0.25, -0.2) is 0 Å². The Labute approximate surface area is 279 Å². The van der Waals surface area contributed by atoms with Gasteiger partial charge in [-0.2, -0.15) is 0 Å². The summed E-state index contributed by atoms with van der Waals surface area (Å²) in [5, 5.41) is 9.56. The van der Waals surface area contributed by atoms with Gasteiger partial charge in [-0.15, -0.1) is 0 Å². The molecular weight excluding hydrogens is 556 g/mol. The molecule has 0 aromatic rings. The Hall–Kier alpha value is -1.91. The molecule has 1 unspecified atom stereocenters. The lowest BCUT2D eigenvalue weighted by molar-refractivity contribution is -0.154. The van der Waals surface area contributed by atoms with Gasteiger partial charge in [0.25, 0.3) is 0 Å². The molecule has 0 saturated heterocycles. The van der Waals surface area contributed by atoms with E-state index >= 15 is 0 Å². The fraction of sp³-hybridized carbons (Fsp3) is 0.732. The van der Waals surface area contributed by atoms with E-state index in [1.165, 1.54) is 83.5 Å².